The van der Waals surface area contributed by atoms with E-state index in [1.165, 1.54) is 25.3 Å². The summed E-state index contributed by atoms with van der Waals surface area (Å²) in [4.78, 5) is 41.5. The number of non-ortho nitro benzene ring substituents is 2. The molecule has 0 saturated carbocycles. The first-order valence-electron chi connectivity index (χ1n) is 13.1. The van der Waals surface area contributed by atoms with Gasteiger partial charge in [-0.25, -0.2) is 5.43 Å². The number of nitrogens with one attached hydrogen (secondary N) is 2. The van der Waals surface area contributed by atoms with Crippen molar-refractivity contribution in [3.8, 4) is 23.3 Å². The lowest BCUT2D eigenvalue weighted by atomic mass is 10.2. The maximum atomic E-state index is 13.2. The van der Waals surface area contributed by atoms with Gasteiger partial charge in [-0.05, 0) is 42.0 Å². The maximum absolute atomic E-state index is 13.2. The number of hydrogen-bond donors (Lipinski definition) is 2. The zero-order valence-corrected chi connectivity index (χ0v) is 24.5. The van der Waals surface area contributed by atoms with Gasteiger partial charge in [0.05, 0.1) is 34.2 Å². The minimum absolute atomic E-state index is 0.0163. The van der Waals surface area contributed by atoms with Crippen LogP contribution in [0.3, 0.4) is 0 Å². The van der Waals surface area contributed by atoms with Gasteiger partial charge >= 0.3 is 24.1 Å². The highest BCUT2D eigenvalue weighted by atomic mass is 19.4. The number of rotatable bonds is 13. The number of nitro benzene ring substituents is 3. The summed E-state index contributed by atoms with van der Waals surface area (Å²) in [6, 6.07) is 9.61. The molecule has 0 spiro atoms. The van der Waals surface area contributed by atoms with Crippen molar-refractivity contribution in [2.45, 2.75) is 18.5 Å². The molecule has 0 aliphatic carbocycles. The van der Waals surface area contributed by atoms with Crippen LogP contribution in [0.5, 0.6) is 23.3 Å². The third kappa shape index (κ3) is 9.14. The fourth-order valence-corrected chi connectivity index (χ4v) is 3.72. The zero-order valence-electron chi connectivity index (χ0n) is 24.5. The second kappa shape index (κ2) is 14.5. The Morgan fingerprint density at radius 1 is 0.760 bits per heavy atom. The minimum Gasteiger partial charge on any atom is -0.493 e. The number of ether oxygens (including phenoxy) is 3. The molecule has 3 aromatic carbocycles. The summed E-state index contributed by atoms with van der Waals surface area (Å²) in [7, 11) is 1.21. The monoisotopic (exact) mass is 713 g/mol. The third-order valence-corrected chi connectivity index (χ3v) is 5.90. The lowest BCUT2D eigenvalue weighted by Crippen LogP contribution is -2.46. The molecular weight excluding hydrogens is 696 g/mol. The van der Waals surface area contributed by atoms with Crippen molar-refractivity contribution in [3.63, 3.8) is 0 Å². The minimum atomic E-state index is -5.92. The number of alkyl halides is 6. The van der Waals surface area contributed by atoms with E-state index in [0.29, 0.717) is 6.07 Å². The lowest BCUT2D eigenvalue weighted by molar-refractivity contribution is -0.394. The van der Waals surface area contributed by atoms with Crippen LogP contribution in [-0.4, -0.2) is 61.5 Å². The Kier molecular flexibility index (Phi) is 10.4. The third-order valence-electron chi connectivity index (χ3n) is 5.90. The Morgan fingerprint density at radius 3 is 1.94 bits per heavy atom. The van der Waals surface area contributed by atoms with E-state index >= 15 is 0 Å². The summed E-state index contributed by atoms with van der Waals surface area (Å²) < 4.78 is 93.8. The molecular formula is C26H17F6N9O9. The number of hydrogen-bond acceptors (Lipinski definition) is 15. The van der Waals surface area contributed by atoms with Crippen LogP contribution in [0.15, 0.2) is 65.8 Å². The van der Waals surface area contributed by atoms with Gasteiger partial charge in [0.1, 0.15) is 0 Å². The van der Waals surface area contributed by atoms with Gasteiger partial charge in [0.2, 0.25) is 11.7 Å². The smallest absolute Gasteiger partial charge is 0.434 e. The second-order valence-corrected chi connectivity index (χ2v) is 9.32. The molecule has 18 nitrogen and oxygen atoms in total. The Morgan fingerprint density at radius 2 is 1.36 bits per heavy atom. The SMILES string of the molecule is COc1cc(/C=N/Nc2nc(Nc3ccc([N+](=O)[O-])cc3)nc(OC(C(F)(F)F)C(F)(F)F)n2)ccc1Oc1ccc([N+](=O)[O-])cc1[N+](=O)[O-]. The van der Waals surface area contributed by atoms with Crippen molar-refractivity contribution in [1.82, 2.24) is 15.0 Å². The van der Waals surface area contributed by atoms with E-state index in [1.54, 1.807) is 0 Å². The number of anilines is 3. The summed E-state index contributed by atoms with van der Waals surface area (Å²) in [5.41, 5.74) is 0.869. The summed E-state index contributed by atoms with van der Waals surface area (Å²) in [5, 5.41) is 39.6. The highest BCUT2D eigenvalue weighted by molar-refractivity contribution is 5.81. The molecule has 0 aliphatic heterocycles. The Balaban J connectivity index is 1.60. The van der Waals surface area contributed by atoms with E-state index in [4.69, 9.17) is 9.47 Å². The number of benzene rings is 3. The molecule has 0 aliphatic rings. The highest BCUT2D eigenvalue weighted by Gasteiger charge is 2.59. The van der Waals surface area contributed by atoms with Gasteiger partial charge in [-0.15, -0.1) is 0 Å². The lowest BCUT2D eigenvalue weighted by Gasteiger charge is -2.22. The van der Waals surface area contributed by atoms with Crippen LogP contribution in [-0.2, 0) is 0 Å². The zero-order chi connectivity index (χ0) is 36.8. The Hall–Kier alpha value is -6.88. The fourth-order valence-electron chi connectivity index (χ4n) is 3.72. The number of hydrazone groups is 1. The topological polar surface area (TPSA) is 232 Å². The van der Waals surface area contributed by atoms with Crippen LogP contribution >= 0.6 is 0 Å². The molecule has 24 heteroatoms. The number of nitro groups is 3. The second-order valence-electron chi connectivity index (χ2n) is 9.32. The van der Waals surface area contributed by atoms with Gasteiger partial charge in [0, 0.05) is 23.9 Å². The average Bonchev–Trinajstić information content (AvgIpc) is 3.03. The van der Waals surface area contributed by atoms with Crippen LogP contribution < -0.4 is 25.0 Å². The van der Waals surface area contributed by atoms with Gasteiger partial charge in [-0.3, -0.25) is 30.3 Å². The van der Waals surface area contributed by atoms with Crippen LogP contribution in [0.4, 0.5) is 61.0 Å². The molecule has 0 amide bonds. The van der Waals surface area contributed by atoms with Gasteiger partial charge in [0.25, 0.3) is 23.4 Å². The molecule has 1 heterocycles. The average molecular weight is 713 g/mol. The predicted molar refractivity (Wildman–Crippen MR) is 157 cm³/mol. The molecule has 4 aromatic rings. The van der Waals surface area contributed by atoms with Crippen LogP contribution in [0.2, 0.25) is 0 Å². The highest BCUT2D eigenvalue weighted by Crippen LogP contribution is 2.39. The number of nitrogens with zero attached hydrogens (tertiary/aromatic N) is 7. The summed E-state index contributed by atoms with van der Waals surface area (Å²) in [6.07, 6.45) is -15.1. The number of halogens is 6. The van der Waals surface area contributed by atoms with Gasteiger partial charge in [0.15, 0.2) is 11.5 Å². The number of methoxy groups -OCH3 is 1. The molecule has 0 radical (unpaired) electrons. The standard InChI is InChI=1S/C26H17F6N9O9/c1-48-20-10-13(2-8-19(20)49-18-9-7-16(40(44)45)11-17(18)41(46)47)12-33-38-23-35-22(34-14-3-5-15(6-4-14)39(42)43)36-24(37-23)50-21(25(27,28)29)26(30,31)32/h2-12,21H,1H3,(H2,34,35,36,37,38)/b33-12+. The molecule has 0 fully saturated rings. The quantitative estimate of drug-likeness (QED) is 0.0655. The van der Waals surface area contributed by atoms with E-state index in [0.717, 1.165) is 42.6 Å². The molecule has 262 valence electrons. The molecule has 1 aromatic heterocycles. The first-order valence-corrected chi connectivity index (χ1v) is 13.1. The van der Waals surface area contributed by atoms with Crippen molar-refractivity contribution >= 4 is 40.9 Å². The molecule has 0 saturated heterocycles. The normalized spacial score (nSPS) is 11.7. The maximum Gasteiger partial charge on any atom is 0.434 e. The molecule has 50 heavy (non-hydrogen) atoms. The first-order chi connectivity index (χ1) is 23.4. The van der Waals surface area contributed by atoms with Gasteiger partial charge in [-0.1, -0.05) is 0 Å². The van der Waals surface area contributed by atoms with Gasteiger partial charge in [-0.2, -0.15) is 46.4 Å². The van der Waals surface area contributed by atoms with E-state index in [2.05, 4.69) is 35.5 Å². The van der Waals surface area contributed by atoms with Crippen LogP contribution in [0.1, 0.15) is 5.56 Å². The number of aromatic nitrogens is 3. The van der Waals surface area contributed by atoms with Crippen molar-refractivity contribution in [3.05, 3.63) is 96.6 Å². The van der Waals surface area contributed by atoms with Crippen molar-refractivity contribution in [2.75, 3.05) is 17.9 Å². The predicted octanol–water partition coefficient (Wildman–Crippen LogP) is 6.46. The largest absolute Gasteiger partial charge is 0.493 e. The summed E-state index contributed by atoms with van der Waals surface area (Å²) in [5.74, 6) is -1.80. The van der Waals surface area contributed by atoms with E-state index in [-0.39, 0.29) is 34.2 Å². The van der Waals surface area contributed by atoms with E-state index in [9.17, 15) is 56.7 Å². The van der Waals surface area contributed by atoms with Crippen molar-refractivity contribution in [1.29, 1.82) is 0 Å². The van der Waals surface area contributed by atoms with Crippen molar-refractivity contribution in [2.24, 2.45) is 5.10 Å². The Bertz CT molecular complexity index is 1930. The molecule has 0 atom stereocenters. The first kappa shape index (κ1) is 36.0. The molecule has 0 unspecified atom stereocenters. The van der Waals surface area contributed by atoms with Crippen LogP contribution in [0, 0.1) is 30.3 Å². The fraction of sp³-hybridized carbons (Fsp3) is 0.154. The summed E-state index contributed by atoms with van der Waals surface area (Å²) >= 11 is 0. The summed E-state index contributed by atoms with van der Waals surface area (Å²) in [6.45, 7) is 0. The van der Waals surface area contributed by atoms with Crippen LogP contribution in [0.25, 0.3) is 0 Å². The van der Waals surface area contributed by atoms with E-state index in [1.807, 2.05) is 0 Å². The molecule has 2 N–H and O–H groups in total. The van der Waals surface area contributed by atoms with Gasteiger partial charge < -0.3 is 19.5 Å². The molecule has 0 bridgehead atoms. The Labute approximate surface area is 272 Å². The van der Waals surface area contributed by atoms with Crippen molar-refractivity contribution < 1.29 is 55.3 Å². The van der Waals surface area contributed by atoms with E-state index < -0.39 is 62.5 Å². The molecule has 4 rings (SSSR count).